The number of carbonyl (C=O) groups is 2. The zero-order valence-electron chi connectivity index (χ0n) is 22.4. The first kappa shape index (κ1) is 24.5. The Balaban J connectivity index is 1.19. The highest BCUT2D eigenvalue weighted by atomic mass is 16.5. The van der Waals surface area contributed by atoms with Gasteiger partial charge in [-0.15, -0.1) is 0 Å². The number of piperidine rings is 1. The van der Waals surface area contributed by atoms with Gasteiger partial charge >= 0.3 is 0 Å². The molecule has 200 valence electrons. The van der Waals surface area contributed by atoms with E-state index in [4.69, 9.17) is 9.47 Å². The Labute approximate surface area is 233 Å². The summed E-state index contributed by atoms with van der Waals surface area (Å²) in [5.74, 6) is 1.31. The van der Waals surface area contributed by atoms with Crippen LogP contribution in [0.25, 0.3) is 0 Å². The maximum absolute atomic E-state index is 13.6. The number of para-hydroxylation sites is 2. The van der Waals surface area contributed by atoms with Crippen molar-refractivity contribution in [3.63, 3.8) is 0 Å². The molecule has 1 saturated heterocycles. The zero-order valence-corrected chi connectivity index (χ0v) is 22.4. The standard InChI is InChI=1S/C34H30N2O4/c1-34-21-26(28-14-8-16-30(32(28)40-34)39-22-23-9-3-2-4-10-23)20-31(37)36(34)27-13-7-12-25(19-27)33(38)35-18-17-24-11-5-6-15-29(24)35/h2-16,19,26H,17-18,20-22H2,1H3. The molecule has 1 fully saturated rings. The molecular formula is C34H30N2O4. The van der Waals surface area contributed by atoms with Crippen LogP contribution in [0.2, 0.25) is 0 Å². The number of ether oxygens (including phenoxy) is 2. The number of hydrogen-bond donors (Lipinski definition) is 0. The van der Waals surface area contributed by atoms with Crippen molar-refractivity contribution in [3.8, 4) is 11.5 Å². The van der Waals surface area contributed by atoms with E-state index >= 15 is 0 Å². The maximum Gasteiger partial charge on any atom is 0.258 e. The lowest BCUT2D eigenvalue weighted by atomic mass is 9.80. The summed E-state index contributed by atoms with van der Waals surface area (Å²) in [7, 11) is 0. The summed E-state index contributed by atoms with van der Waals surface area (Å²) in [5.41, 5.74) is 4.51. The largest absolute Gasteiger partial charge is 0.485 e. The molecule has 3 aliphatic heterocycles. The molecular weight excluding hydrogens is 500 g/mol. The van der Waals surface area contributed by atoms with Crippen LogP contribution in [-0.2, 0) is 17.8 Å². The molecule has 0 aromatic heterocycles. The van der Waals surface area contributed by atoms with E-state index in [1.807, 2.05) is 103 Å². The molecule has 0 aliphatic carbocycles. The summed E-state index contributed by atoms with van der Waals surface area (Å²) in [5, 5.41) is 0. The smallest absolute Gasteiger partial charge is 0.258 e. The Bertz CT molecular complexity index is 1620. The molecule has 40 heavy (non-hydrogen) atoms. The summed E-state index contributed by atoms with van der Waals surface area (Å²) >= 11 is 0. The Hall–Kier alpha value is -4.58. The van der Waals surface area contributed by atoms with Crippen LogP contribution in [0, 0.1) is 0 Å². The molecule has 4 aromatic carbocycles. The van der Waals surface area contributed by atoms with Gasteiger partial charge in [0.15, 0.2) is 17.2 Å². The van der Waals surface area contributed by atoms with E-state index in [2.05, 4.69) is 6.07 Å². The maximum atomic E-state index is 13.6. The van der Waals surface area contributed by atoms with Crippen LogP contribution in [0.4, 0.5) is 11.4 Å². The lowest BCUT2D eigenvalue weighted by Crippen LogP contribution is -2.60. The number of nitrogens with zero attached hydrogens (tertiary/aromatic N) is 2. The molecule has 0 saturated carbocycles. The average molecular weight is 531 g/mol. The van der Waals surface area contributed by atoms with Gasteiger partial charge in [0.2, 0.25) is 5.91 Å². The molecule has 3 aliphatic rings. The first-order chi connectivity index (χ1) is 19.5. The van der Waals surface area contributed by atoms with Crippen molar-refractivity contribution in [1.29, 1.82) is 0 Å². The summed E-state index contributed by atoms with van der Waals surface area (Å²) in [6, 6.07) is 31.3. The first-order valence-corrected chi connectivity index (χ1v) is 13.8. The molecule has 0 N–H and O–H groups in total. The van der Waals surface area contributed by atoms with Crippen LogP contribution in [0.1, 0.15) is 52.7 Å². The van der Waals surface area contributed by atoms with Gasteiger partial charge in [-0.1, -0.05) is 66.7 Å². The van der Waals surface area contributed by atoms with Gasteiger partial charge in [0.25, 0.3) is 5.91 Å². The van der Waals surface area contributed by atoms with Gasteiger partial charge in [0.05, 0.1) is 0 Å². The predicted octanol–water partition coefficient (Wildman–Crippen LogP) is 6.49. The second kappa shape index (κ2) is 9.56. The van der Waals surface area contributed by atoms with Crippen LogP contribution in [0.3, 0.4) is 0 Å². The zero-order chi connectivity index (χ0) is 27.3. The molecule has 0 spiro atoms. The average Bonchev–Trinajstić information content (AvgIpc) is 3.40. The number of amides is 2. The van der Waals surface area contributed by atoms with Gasteiger partial charge in [-0.3, -0.25) is 14.5 Å². The Morgan fingerprint density at radius 1 is 0.975 bits per heavy atom. The van der Waals surface area contributed by atoms with Gasteiger partial charge in [0, 0.05) is 47.8 Å². The SMILES string of the molecule is CC12CC(CC(=O)N1c1cccc(C(=O)N3CCc4ccccc43)c1)c1cccc(OCc3ccccc3)c1O2. The number of carbonyl (C=O) groups excluding carboxylic acids is 2. The third-order valence-electron chi connectivity index (χ3n) is 8.26. The highest BCUT2D eigenvalue weighted by Gasteiger charge is 2.50. The van der Waals surface area contributed by atoms with Crippen molar-refractivity contribution < 1.29 is 19.1 Å². The highest BCUT2D eigenvalue weighted by molar-refractivity contribution is 6.08. The van der Waals surface area contributed by atoms with Gasteiger partial charge < -0.3 is 14.4 Å². The van der Waals surface area contributed by atoms with Gasteiger partial charge in [-0.2, -0.15) is 0 Å². The van der Waals surface area contributed by atoms with Crippen molar-refractivity contribution in [1.82, 2.24) is 0 Å². The third kappa shape index (κ3) is 4.11. The number of benzene rings is 4. The number of hydrogen-bond acceptors (Lipinski definition) is 4. The Kier molecular flexibility index (Phi) is 5.84. The lowest BCUT2D eigenvalue weighted by molar-refractivity contribution is -0.127. The van der Waals surface area contributed by atoms with Crippen molar-refractivity contribution >= 4 is 23.2 Å². The van der Waals surface area contributed by atoms with Crippen LogP contribution in [-0.4, -0.2) is 24.1 Å². The van der Waals surface area contributed by atoms with Gasteiger partial charge in [-0.25, -0.2) is 0 Å². The Morgan fingerprint density at radius 2 is 1.77 bits per heavy atom. The van der Waals surface area contributed by atoms with E-state index < -0.39 is 5.72 Å². The quantitative estimate of drug-likeness (QED) is 0.296. The fraction of sp³-hybridized carbons (Fsp3) is 0.235. The summed E-state index contributed by atoms with van der Waals surface area (Å²) < 4.78 is 12.9. The number of fused-ring (bicyclic) bond motifs is 5. The fourth-order valence-corrected chi connectivity index (χ4v) is 6.43. The molecule has 3 heterocycles. The molecule has 4 aromatic rings. The topological polar surface area (TPSA) is 59.1 Å². The third-order valence-corrected chi connectivity index (χ3v) is 8.26. The van der Waals surface area contributed by atoms with E-state index in [9.17, 15) is 9.59 Å². The minimum absolute atomic E-state index is 0.0175. The second-order valence-corrected chi connectivity index (χ2v) is 10.9. The van der Waals surface area contributed by atoms with E-state index in [0.29, 0.717) is 48.7 Å². The van der Waals surface area contributed by atoms with E-state index in [0.717, 1.165) is 23.2 Å². The van der Waals surface area contributed by atoms with Crippen molar-refractivity contribution in [2.24, 2.45) is 0 Å². The van der Waals surface area contributed by atoms with Crippen molar-refractivity contribution in [2.45, 2.75) is 44.4 Å². The van der Waals surface area contributed by atoms with E-state index in [-0.39, 0.29) is 17.7 Å². The Morgan fingerprint density at radius 3 is 2.65 bits per heavy atom. The van der Waals surface area contributed by atoms with Crippen LogP contribution in [0.5, 0.6) is 11.5 Å². The fourth-order valence-electron chi connectivity index (χ4n) is 6.43. The minimum Gasteiger partial charge on any atom is -0.485 e. The molecule has 6 heteroatoms. The van der Waals surface area contributed by atoms with Gasteiger partial charge in [-0.05, 0) is 54.8 Å². The molecule has 2 amide bonds. The first-order valence-electron chi connectivity index (χ1n) is 13.8. The van der Waals surface area contributed by atoms with Gasteiger partial charge in [0.1, 0.15) is 6.61 Å². The minimum atomic E-state index is -0.916. The molecule has 2 atom stereocenters. The normalized spacial score (nSPS) is 20.9. The molecule has 2 unspecified atom stereocenters. The summed E-state index contributed by atoms with van der Waals surface area (Å²) in [6.07, 6.45) is 1.87. The second-order valence-electron chi connectivity index (χ2n) is 10.9. The van der Waals surface area contributed by atoms with Crippen LogP contribution < -0.4 is 19.3 Å². The number of rotatable bonds is 5. The monoisotopic (exact) mass is 530 g/mol. The van der Waals surface area contributed by atoms with Crippen molar-refractivity contribution in [3.05, 3.63) is 119 Å². The van der Waals surface area contributed by atoms with Crippen molar-refractivity contribution in [2.75, 3.05) is 16.3 Å². The molecule has 7 rings (SSSR count). The van der Waals surface area contributed by atoms with Crippen LogP contribution in [0.15, 0.2) is 97.1 Å². The summed E-state index contributed by atoms with van der Waals surface area (Å²) in [6.45, 7) is 3.03. The number of anilines is 2. The molecule has 6 nitrogen and oxygen atoms in total. The summed E-state index contributed by atoms with van der Waals surface area (Å²) in [4.78, 5) is 30.8. The van der Waals surface area contributed by atoms with E-state index in [1.165, 1.54) is 5.56 Å². The molecule has 0 radical (unpaired) electrons. The van der Waals surface area contributed by atoms with E-state index in [1.54, 1.807) is 4.90 Å². The highest BCUT2D eigenvalue weighted by Crippen LogP contribution is 2.52. The molecule has 2 bridgehead atoms. The van der Waals surface area contributed by atoms with Crippen LogP contribution >= 0.6 is 0 Å². The predicted molar refractivity (Wildman–Crippen MR) is 154 cm³/mol. The lowest BCUT2D eigenvalue weighted by Gasteiger charge is -2.50.